The van der Waals surface area contributed by atoms with Crippen LogP contribution in [-0.2, 0) is 11.2 Å². The molecular formula is C16H23NO3. The van der Waals surface area contributed by atoms with Crippen LogP contribution in [-0.4, -0.2) is 42.7 Å². The second-order valence-corrected chi connectivity index (χ2v) is 5.24. The molecule has 1 N–H and O–H groups in total. The Morgan fingerprint density at radius 2 is 2.10 bits per heavy atom. The third kappa shape index (κ3) is 3.12. The quantitative estimate of drug-likeness (QED) is 0.915. The number of likely N-dealkylation sites (tertiary alicyclic amines) is 1. The van der Waals surface area contributed by atoms with Crippen molar-refractivity contribution < 1.29 is 14.6 Å². The topological polar surface area (TPSA) is 49.8 Å². The minimum atomic E-state index is -0.382. The van der Waals surface area contributed by atoms with E-state index >= 15 is 0 Å². The number of carbonyl (C=O) groups excluding carboxylic acids is 1. The van der Waals surface area contributed by atoms with Crippen LogP contribution in [0, 0.1) is 0 Å². The number of benzene rings is 1. The molecule has 1 heterocycles. The molecule has 110 valence electrons. The molecule has 1 fully saturated rings. The summed E-state index contributed by atoms with van der Waals surface area (Å²) in [5.74, 6) is 1.28. The van der Waals surface area contributed by atoms with E-state index < -0.39 is 0 Å². The summed E-state index contributed by atoms with van der Waals surface area (Å²) >= 11 is 0. The Bertz CT molecular complexity index is 465. The SMILES string of the molecule is CCc1cc(C2CCN(C(=O)CO)CC2)ccc1OC. The van der Waals surface area contributed by atoms with Gasteiger partial charge < -0.3 is 14.7 Å². The molecule has 0 unspecified atom stereocenters. The van der Waals surface area contributed by atoms with Gasteiger partial charge in [0, 0.05) is 13.1 Å². The molecule has 4 nitrogen and oxygen atoms in total. The van der Waals surface area contributed by atoms with Crippen molar-refractivity contribution in [2.75, 3.05) is 26.8 Å². The molecule has 0 aromatic heterocycles. The minimum absolute atomic E-state index is 0.160. The molecule has 1 amide bonds. The summed E-state index contributed by atoms with van der Waals surface area (Å²) in [4.78, 5) is 13.2. The zero-order valence-electron chi connectivity index (χ0n) is 12.3. The Hall–Kier alpha value is -1.55. The Balaban J connectivity index is 2.05. The van der Waals surface area contributed by atoms with Crippen LogP contribution in [0.4, 0.5) is 0 Å². The number of ether oxygens (including phenoxy) is 1. The van der Waals surface area contributed by atoms with Gasteiger partial charge in [-0.2, -0.15) is 0 Å². The maximum Gasteiger partial charge on any atom is 0.248 e. The van der Waals surface area contributed by atoms with E-state index in [2.05, 4.69) is 19.1 Å². The van der Waals surface area contributed by atoms with Gasteiger partial charge in [-0.15, -0.1) is 0 Å². The van der Waals surface area contributed by atoms with E-state index in [0.29, 0.717) is 5.92 Å². The van der Waals surface area contributed by atoms with E-state index in [1.807, 2.05) is 6.07 Å². The van der Waals surface area contributed by atoms with E-state index in [4.69, 9.17) is 9.84 Å². The second kappa shape index (κ2) is 6.75. The fourth-order valence-corrected chi connectivity index (χ4v) is 2.89. The van der Waals surface area contributed by atoms with Crippen molar-refractivity contribution in [3.63, 3.8) is 0 Å². The maximum atomic E-state index is 11.5. The fourth-order valence-electron chi connectivity index (χ4n) is 2.89. The Labute approximate surface area is 120 Å². The molecule has 20 heavy (non-hydrogen) atoms. The van der Waals surface area contributed by atoms with Gasteiger partial charge >= 0.3 is 0 Å². The van der Waals surface area contributed by atoms with Gasteiger partial charge in [-0.1, -0.05) is 19.1 Å². The minimum Gasteiger partial charge on any atom is -0.496 e. The van der Waals surface area contributed by atoms with E-state index in [1.54, 1.807) is 12.0 Å². The molecular weight excluding hydrogens is 254 g/mol. The normalized spacial score (nSPS) is 16.2. The number of hydrogen-bond acceptors (Lipinski definition) is 3. The number of rotatable bonds is 4. The summed E-state index contributed by atoms with van der Waals surface area (Å²) < 4.78 is 5.36. The monoisotopic (exact) mass is 277 g/mol. The molecule has 2 rings (SSSR count). The highest BCUT2D eigenvalue weighted by Crippen LogP contribution is 2.31. The van der Waals surface area contributed by atoms with E-state index in [-0.39, 0.29) is 12.5 Å². The molecule has 0 bridgehead atoms. The van der Waals surface area contributed by atoms with Gasteiger partial charge in [0.1, 0.15) is 12.4 Å². The maximum absolute atomic E-state index is 11.5. The molecule has 0 radical (unpaired) electrons. The van der Waals surface area contributed by atoms with Crippen LogP contribution in [0.3, 0.4) is 0 Å². The molecule has 1 aromatic carbocycles. The second-order valence-electron chi connectivity index (χ2n) is 5.24. The number of hydrogen-bond donors (Lipinski definition) is 1. The van der Waals surface area contributed by atoms with Gasteiger partial charge in [-0.25, -0.2) is 0 Å². The first-order chi connectivity index (χ1) is 9.69. The van der Waals surface area contributed by atoms with Gasteiger partial charge in [-0.3, -0.25) is 4.79 Å². The van der Waals surface area contributed by atoms with Crippen molar-refractivity contribution >= 4 is 5.91 Å². The van der Waals surface area contributed by atoms with E-state index in [1.165, 1.54) is 11.1 Å². The van der Waals surface area contributed by atoms with Crippen LogP contribution < -0.4 is 4.74 Å². The third-order valence-corrected chi connectivity index (χ3v) is 4.14. The Morgan fingerprint density at radius 1 is 1.40 bits per heavy atom. The molecule has 0 spiro atoms. The molecule has 0 atom stereocenters. The van der Waals surface area contributed by atoms with Crippen molar-refractivity contribution in [2.45, 2.75) is 32.1 Å². The Morgan fingerprint density at radius 3 is 2.65 bits per heavy atom. The van der Waals surface area contributed by atoms with Crippen molar-refractivity contribution in [3.8, 4) is 5.75 Å². The summed E-state index contributed by atoms with van der Waals surface area (Å²) in [6.07, 6.45) is 2.88. The van der Waals surface area contributed by atoms with Crippen LogP contribution in [0.1, 0.15) is 36.8 Å². The van der Waals surface area contributed by atoms with Gasteiger partial charge in [0.15, 0.2) is 0 Å². The first-order valence-electron chi connectivity index (χ1n) is 7.25. The molecule has 1 aliphatic heterocycles. The smallest absolute Gasteiger partial charge is 0.248 e. The number of piperidine rings is 1. The fraction of sp³-hybridized carbons (Fsp3) is 0.562. The summed E-state index contributed by atoms with van der Waals surface area (Å²) in [5, 5.41) is 8.89. The van der Waals surface area contributed by atoms with Gasteiger partial charge in [0.05, 0.1) is 7.11 Å². The van der Waals surface area contributed by atoms with Crippen LogP contribution in [0.5, 0.6) is 5.75 Å². The molecule has 4 heteroatoms. The first-order valence-corrected chi connectivity index (χ1v) is 7.25. The average molecular weight is 277 g/mol. The number of carbonyl (C=O) groups is 1. The lowest BCUT2D eigenvalue weighted by Crippen LogP contribution is -2.39. The van der Waals surface area contributed by atoms with E-state index in [9.17, 15) is 4.79 Å². The molecule has 0 saturated carbocycles. The number of nitrogens with zero attached hydrogens (tertiary/aromatic N) is 1. The van der Waals surface area contributed by atoms with E-state index in [0.717, 1.165) is 38.1 Å². The Kier molecular flexibility index (Phi) is 5.01. The third-order valence-electron chi connectivity index (χ3n) is 4.14. The molecule has 0 aliphatic carbocycles. The van der Waals surface area contributed by atoms with Gasteiger partial charge in [0.25, 0.3) is 0 Å². The summed E-state index contributed by atoms with van der Waals surface area (Å²) in [5.41, 5.74) is 2.57. The number of aliphatic hydroxyl groups is 1. The standard InChI is InChI=1S/C16H23NO3/c1-3-12-10-14(4-5-15(12)20-2)13-6-8-17(9-7-13)16(19)11-18/h4-5,10,13,18H,3,6-9,11H2,1-2H3. The lowest BCUT2D eigenvalue weighted by molar-refractivity contribution is -0.135. The van der Waals surface area contributed by atoms with Crippen LogP contribution >= 0.6 is 0 Å². The number of aliphatic hydroxyl groups excluding tert-OH is 1. The number of methoxy groups -OCH3 is 1. The zero-order chi connectivity index (χ0) is 14.5. The van der Waals surface area contributed by atoms with Gasteiger partial charge in [-0.05, 0) is 42.4 Å². The molecule has 1 aliphatic rings. The highest BCUT2D eigenvalue weighted by atomic mass is 16.5. The van der Waals surface area contributed by atoms with Gasteiger partial charge in [0.2, 0.25) is 5.91 Å². The lowest BCUT2D eigenvalue weighted by atomic mass is 9.88. The van der Waals surface area contributed by atoms with Crippen LogP contribution in [0.15, 0.2) is 18.2 Å². The summed E-state index contributed by atoms with van der Waals surface area (Å²) in [7, 11) is 1.70. The van der Waals surface area contributed by atoms with Crippen molar-refractivity contribution in [2.24, 2.45) is 0 Å². The molecule has 1 aromatic rings. The van der Waals surface area contributed by atoms with Crippen LogP contribution in [0.2, 0.25) is 0 Å². The number of amides is 1. The largest absolute Gasteiger partial charge is 0.496 e. The molecule has 1 saturated heterocycles. The van der Waals surface area contributed by atoms with Crippen LogP contribution in [0.25, 0.3) is 0 Å². The number of aryl methyl sites for hydroxylation is 1. The average Bonchev–Trinajstić information content (AvgIpc) is 2.53. The first kappa shape index (κ1) is 14.9. The highest BCUT2D eigenvalue weighted by Gasteiger charge is 2.23. The zero-order valence-corrected chi connectivity index (χ0v) is 12.3. The van der Waals surface area contributed by atoms with Crippen molar-refractivity contribution in [1.29, 1.82) is 0 Å². The van der Waals surface area contributed by atoms with Crippen molar-refractivity contribution in [1.82, 2.24) is 4.90 Å². The predicted octanol–water partition coefficient (Wildman–Crippen LogP) is 1.96. The summed E-state index contributed by atoms with van der Waals surface area (Å²) in [6.45, 7) is 3.21. The highest BCUT2D eigenvalue weighted by molar-refractivity contribution is 5.77. The summed E-state index contributed by atoms with van der Waals surface area (Å²) in [6, 6.07) is 6.40. The lowest BCUT2D eigenvalue weighted by Gasteiger charge is -2.32. The predicted molar refractivity (Wildman–Crippen MR) is 78.0 cm³/mol. The van der Waals surface area contributed by atoms with Crippen molar-refractivity contribution in [3.05, 3.63) is 29.3 Å².